The van der Waals surface area contributed by atoms with Gasteiger partial charge in [-0.2, -0.15) is 0 Å². The Kier molecular flexibility index (Phi) is 85.9. The van der Waals surface area contributed by atoms with Crippen LogP contribution in [0.4, 0.5) is 0 Å². The Balaban J connectivity index is -0.000000360. The fourth-order valence-electron chi connectivity index (χ4n) is 17.3. The average Bonchev–Trinajstić information content (AvgIpc) is 0.885. The second kappa shape index (κ2) is 81.0. The SMILES string of the molecule is CC(C)CCC(C(=O)CC(C)C)N(CC(=O)CC(C)C)CC(=O)CC(C)C.CC(C)CCC(CC(=O)C(CCC(C)C)CC(C)C)C(=O)CC(C)C.CC(C)CCC(CC(=O)CC(CC(=O)CC(C)C)C(=O)CC(C)C)C(=O)CC(C)C.CC(C)CCC(CCC(C)C)(CCC(C)C)CC(C)C.CC(C)CCC(CCC(C)C)CCC(C)C.CC(C)CCCCCC(C)C. The quantitative estimate of drug-likeness (QED) is 0.0537. The molecule has 0 aliphatic rings. The van der Waals surface area contributed by atoms with Gasteiger partial charge >= 0.3 is 0 Å². The van der Waals surface area contributed by atoms with Crippen LogP contribution in [-0.2, 0) is 43.2 Å². The van der Waals surface area contributed by atoms with E-state index >= 15 is 0 Å². The van der Waals surface area contributed by atoms with Crippen LogP contribution < -0.4 is 0 Å². The van der Waals surface area contributed by atoms with Gasteiger partial charge in [-0.3, -0.25) is 48.1 Å². The van der Waals surface area contributed by atoms with Gasteiger partial charge in [0.2, 0.25) is 0 Å². The molecule has 5 unspecified atom stereocenters. The molecule has 5 atom stereocenters. The average molecular weight is 1820 g/mol. The monoisotopic (exact) mass is 1820 g/mol. The van der Waals surface area contributed by atoms with E-state index < -0.39 is 5.92 Å². The standard InChI is InChI=1S/C26H46O4.C23H43NO3.C23H44O2.C20H42.C16H34.C11H24/c1-17(2)9-10-21(25(29)12-19(5)6)14-24(28)16-22(26(30)13-20(7)8)15-23(27)11-18(3)4;1-16(2)9-10-22(23(27)13-19(7)8)24(14-20(25)11-17(3)4)15-21(26)12-18(5)6;1-16(2)9-11-20(13-18(5)6)23(25)15-21(12-10-17(3)4)22(24)14-19(7)8;1-16(2)9-12-20(15-19(7)8,13-10-17(3)4)14-11-18(5)6;1-13(2)7-10-16(11-8-14(3)4)12-9-15(5)6;1-10(2)8-6-5-7-9-11(3)4/h17-22H,9-16H2,1-8H3;16-19,22H,9-15H2,1-8H3;16-21H,9-15H2,1-8H3;16-19H,9-15H2,1-8H3;13-16H,7-12H2,1-6H3;10-11H,5-9H2,1-4H3. The summed E-state index contributed by atoms with van der Waals surface area (Å²) in [5.41, 5.74) is 0.618. The van der Waals surface area contributed by atoms with Crippen molar-refractivity contribution in [1.82, 2.24) is 4.90 Å². The molecule has 0 fully saturated rings. The summed E-state index contributed by atoms with van der Waals surface area (Å²) < 4.78 is 0. The first-order valence-corrected chi connectivity index (χ1v) is 54.9. The fourth-order valence-corrected chi connectivity index (χ4v) is 17.3. The molecular weight excluding hydrogens is 1590 g/mol. The molecule has 0 saturated heterocycles. The summed E-state index contributed by atoms with van der Waals surface area (Å²) in [6, 6.07) is -0.331. The molecular formula is C119H233NO9. The Morgan fingerprint density at radius 3 is 0.713 bits per heavy atom. The summed E-state index contributed by atoms with van der Waals surface area (Å²) in [6.07, 6.45) is 38.2. The van der Waals surface area contributed by atoms with Crippen molar-refractivity contribution in [3.05, 3.63) is 0 Å². The van der Waals surface area contributed by atoms with Crippen molar-refractivity contribution in [2.24, 2.45) is 159 Å². The van der Waals surface area contributed by atoms with Gasteiger partial charge in [-0.05, 0) is 200 Å². The molecule has 0 aliphatic heterocycles. The third-order valence-electron chi connectivity index (χ3n) is 24.8. The lowest BCUT2D eigenvalue weighted by Gasteiger charge is -2.38. The Morgan fingerprint density at radius 2 is 0.426 bits per heavy atom. The van der Waals surface area contributed by atoms with Crippen LogP contribution in [0.15, 0.2) is 0 Å². The van der Waals surface area contributed by atoms with Crippen molar-refractivity contribution in [3.8, 4) is 0 Å². The number of carbonyl (C=O) groups is 9. The van der Waals surface area contributed by atoms with Crippen LogP contribution in [-0.4, -0.2) is 76.1 Å². The van der Waals surface area contributed by atoms with Gasteiger partial charge in [-0.1, -0.05) is 400 Å². The van der Waals surface area contributed by atoms with Crippen molar-refractivity contribution in [2.45, 2.75) is 541 Å². The summed E-state index contributed by atoms with van der Waals surface area (Å²) in [5, 5.41) is 0. The highest BCUT2D eigenvalue weighted by Crippen LogP contribution is 2.44. The minimum atomic E-state index is -0.544. The van der Waals surface area contributed by atoms with Gasteiger partial charge in [0.05, 0.1) is 19.1 Å². The van der Waals surface area contributed by atoms with Crippen LogP contribution in [0.2, 0.25) is 0 Å². The van der Waals surface area contributed by atoms with Crippen molar-refractivity contribution in [3.63, 3.8) is 0 Å². The number of nitrogens with zero attached hydrogens (tertiary/aromatic N) is 1. The van der Waals surface area contributed by atoms with Gasteiger partial charge in [-0.25, -0.2) is 0 Å². The molecule has 0 saturated carbocycles. The van der Waals surface area contributed by atoms with Gasteiger partial charge in [0, 0.05) is 94.3 Å². The predicted octanol–water partition coefficient (Wildman–Crippen LogP) is 35.4. The number of hydrogen-bond acceptors (Lipinski definition) is 10. The Morgan fingerprint density at radius 1 is 0.186 bits per heavy atom. The molecule has 0 N–H and O–H groups in total. The van der Waals surface area contributed by atoms with Crippen LogP contribution in [0.5, 0.6) is 0 Å². The number of ketones is 9. The van der Waals surface area contributed by atoms with E-state index in [1.165, 1.54) is 116 Å². The molecule has 129 heavy (non-hydrogen) atoms. The lowest BCUT2D eigenvalue weighted by Crippen LogP contribution is -2.47. The molecule has 10 nitrogen and oxygen atoms in total. The van der Waals surface area contributed by atoms with E-state index in [2.05, 4.69) is 208 Å². The van der Waals surface area contributed by atoms with Crippen molar-refractivity contribution < 1.29 is 43.2 Å². The fraction of sp³-hybridized carbons (Fsp3) is 0.924. The van der Waals surface area contributed by atoms with E-state index in [-0.39, 0.29) is 132 Å². The van der Waals surface area contributed by atoms with E-state index in [0.717, 1.165) is 104 Å². The topological polar surface area (TPSA) is 157 Å². The Labute approximate surface area is 808 Å². The molecule has 0 bridgehead atoms. The third kappa shape index (κ3) is 92.5. The van der Waals surface area contributed by atoms with Crippen molar-refractivity contribution in [2.75, 3.05) is 13.1 Å². The number of Topliss-reactive ketones (excluding diaryl/α,β-unsaturated/α-hetero) is 9. The zero-order valence-electron chi connectivity index (χ0n) is 95.0. The number of unbranched alkanes of at least 4 members (excludes halogenated alkanes) is 2. The van der Waals surface area contributed by atoms with Crippen LogP contribution in [0.25, 0.3) is 0 Å². The van der Waals surface area contributed by atoms with E-state index in [4.69, 9.17) is 0 Å². The highest BCUT2D eigenvalue weighted by molar-refractivity contribution is 5.94. The Hall–Kier alpha value is -3.01. The summed E-state index contributed by atoms with van der Waals surface area (Å²) in [6.45, 7) is 92.8. The minimum Gasteiger partial charge on any atom is -0.300 e. The number of hydrogen-bond donors (Lipinski definition) is 0. The smallest absolute Gasteiger partial charge is 0.150 e. The van der Waals surface area contributed by atoms with Gasteiger partial charge in [0.15, 0.2) is 0 Å². The van der Waals surface area contributed by atoms with Crippen LogP contribution in [0.3, 0.4) is 0 Å². The summed E-state index contributed by atoms with van der Waals surface area (Å²) in [5.74, 6) is 13.9. The maximum Gasteiger partial charge on any atom is 0.150 e. The summed E-state index contributed by atoms with van der Waals surface area (Å²) in [4.78, 5) is 116. The molecule has 0 amide bonds. The summed E-state index contributed by atoms with van der Waals surface area (Å²) in [7, 11) is 0. The number of rotatable bonds is 72. The van der Waals surface area contributed by atoms with Crippen molar-refractivity contribution in [1.29, 1.82) is 0 Å². The molecule has 0 rings (SSSR count). The van der Waals surface area contributed by atoms with E-state index in [0.29, 0.717) is 117 Å². The lowest BCUT2D eigenvalue weighted by atomic mass is 9.68. The molecule has 0 radical (unpaired) electrons. The first-order chi connectivity index (χ1) is 59.5. The number of carbonyl (C=O) groups excluding carboxylic acids is 9. The second-order valence-electron chi connectivity index (χ2n) is 50.3. The molecule has 0 aromatic heterocycles. The zero-order chi connectivity index (χ0) is 101. The third-order valence-corrected chi connectivity index (χ3v) is 24.8. The molecule has 0 aliphatic carbocycles. The van der Waals surface area contributed by atoms with Crippen LogP contribution >= 0.6 is 0 Å². The first kappa shape index (κ1) is 137. The van der Waals surface area contributed by atoms with E-state index in [9.17, 15) is 43.2 Å². The molecule has 0 spiro atoms. The molecule has 768 valence electrons. The second-order valence-corrected chi connectivity index (χ2v) is 50.3. The molecule has 0 aromatic carbocycles. The zero-order valence-corrected chi connectivity index (χ0v) is 95.0. The molecule has 0 heterocycles. The van der Waals surface area contributed by atoms with Crippen LogP contribution in [0, 0.1) is 159 Å². The largest absolute Gasteiger partial charge is 0.300 e. The maximum atomic E-state index is 13.0. The van der Waals surface area contributed by atoms with Gasteiger partial charge in [0.25, 0.3) is 0 Å². The Bertz CT molecular complexity index is 2650. The highest BCUT2D eigenvalue weighted by Gasteiger charge is 2.35. The van der Waals surface area contributed by atoms with Gasteiger partial charge in [0.1, 0.15) is 52.0 Å². The summed E-state index contributed by atoms with van der Waals surface area (Å²) >= 11 is 0. The van der Waals surface area contributed by atoms with E-state index in [1.54, 1.807) is 0 Å². The predicted molar refractivity (Wildman–Crippen MR) is 567 cm³/mol. The molecule has 0 aromatic rings. The van der Waals surface area contributed by atoms with Crippen LogP contribution in [0.1, 0.15) is 535 Å². The minimum absolute atomic E-state index is 0.00249. The lowest BCUT2D eigenvalue weighted by molar-refractivity contribution is -0.133. The van der Waals surface area contributed by atoms with E-state index in [1.807, 2.05) is 88.0 Å². The normalized spacial score (nSPS) is 13.4. The van der Waals surface area contributed by atoms with Crippen molar-refractivity contribution >= 4 is 52.0 Å². The highest BCUT2D eigenvalue weighted by atomic mass is 16.2. The molecule has 10 heteroatoms. The maximum absolute atomic E-state index is 13.0. The van der Waals surface area contributed by atoms with Gasteiger partial charge in [-0.15, -0.1) is 0 Å². The first-order valence-electron chi connectivity index (χ1n) is 54.9. The van der Waals surface area contributed by atoms with Gasteiger partial charge < -0.3 is 0 Å².